The van der Waals surface area contributed by atoms with E-state index in [-0.39, 0.29) is 18.2 Å². The van der Waals surface area contributed by atoms with Gasteiger partial charge in [-0.2, -0.15) is 0 Å². The molecule has 1 fully saturated rings. The van der Waals surface area contributed by atoms with Gasteiger partial charge in [0, 0.05) is 54.9 Å². The Morgan fingerprint density at radius 2 is 2.21 bits per heavy atom. The van der Waals surface area contributed by atoms with Crippen LogP contribution in [0.3, 0.4) is 0 Å². The molecule has 1 saturated heterocycles. The van der Waals surface area contributed by atoms with Crippen molar-refractivity contribution < 1.29 is 4.79 Å². The summed E-state index contributed by atoms with van der Waals surface area (Å²) in [6.07, 6.45) is 5.83. The van der Waals surface area contributed by atoms with Gasteiger partial charge in [0.25, 0.3) is 0 Å². The van der Waals surface area contributed by atoms with Gasteiger partial charge in [-0.3, -0.25) is 9.78 Å². The van der Waals surface area contributed by atoms with Gasteiger partial charge in [-0.25, -0.2) is 4.98 Å². The zero-order valence-corrected chi connectivity index (χ0v) is 13.9. The summed E-state index contributed by atoms with van der Waals surface area (Å²) in [6, 6.07) is 5.65. The lowest BCUT2D eigenvalue weighted by atomic mass is 10.0. The average Bonchev–Trinajstić information content (AvgIpc) is 2.57. The summed E-state index contributed by atoms with van der Waals surface area (Å²) in [7, 11) is 0. The fraction of sp³-hybridized carbons (Fsp3) is 0.389. The third-order valence-corrected chi connectivity index (χ3v) is 4.36. The second-order valence-electron chi connectivity index (χ2n) is 6.34. The number of anilines is 2. The minimum atomic E-state index is -0.0910. The van der Waals surface area contributed by atoms with Gasteiger partial charge in [-0.15, -0.1) is 0 Å². The number of piperidine rings is 1. The molecule has 6 heteroatoms. The Morgan fingerprint density at radius 1 is 1.38 bits per heavy atom. The highest BCUT2D eigenvalue weighted by molar-refractivity contribution is 6.00. The second kappa shape index (κ2) is 6.97. The van der Waals surface area contributed by atoms with Crippen LogP contribution < -0.4 is 16.4 Å². The quantitative estimate of drug-likeness (QED) is 0.831. The summed E-state index contributed by atoms with van der Waals surface area (Å²) < 4.78 is 0. The topological polar surface area (TPSA) is 98.1 Å². The molecule has 0 bridgehead atoms. The highest BCUT2D eigenvalue weighted by atomic mass is 16.1. The van der Waals surface area contributed by atoms with Crippen LogP contribution in [-0.2, 0) is 6.42 Å². The zero-order chi connectivity index (χ0) is 17.1. The molecule has 1 aliphatic rings. The molecule has 3 heterocycles. The number of nitrogens with two attached hydrogens (primary N) is 2. The van der Waals surface area contributed by atoms with Gasteiger partial charge in [0.1, 0.15) is 5.69 Å². The SMILES string of the molecule is Cc1ccc(N)c(C(=O)Cc2cnccc2N2CCC[C@H](N)C2)n1. The number of hydrogen-bond donors (Lipinski definition) is 2. The molecule has 126 valence electrons. The number of hydrogen-bond acceptors (Lipinski definition) is 6. The monoisotopic (exact) mass is 325 g/mol. The molecule has 0 unspecified atom stereocenters. The van der Waals surface area contributed by atoms with Gasteiger partial charge in [0.15, 0.2) is 5.78 Å². The summed E-state index contributed by atoms with van der Waals surface area (Å²) in [6.45, 7) is 3.60. The van der Waals surface area contributed by atoms with Gasteiger partial charge in [0.2, 0.25) is 0 Å². The number of nitrogen functional groups attached to an aromatic ring is 1. The van der Waals surface area contributed by atoms with Gasteiger partial charge in [-0.1, -0.05) is 0 Å². The number of ketones is 1. The van der Waals surface area contributed by atoms with E-state index in [9.17, 15) is 4.79 Å². The normalized spacial score (nSPS) is 17.8. The molecule has 0 aromatic carbocycles. The standard InChI is InChI=1S/C18H23N5O/c1-12-4-5-15(20)18(22-12)17(24)9-13-10-21-7-6-16(13)23-8-2-3-14(19)11-23/h4-7,10,14H,2-3,8-9,11,19-20H2,1H3/t14-/m0/s1. The number of rotatable bonds is 4. The van der Waals surface area contributed by atoms with Crippen LogP contribution in [0.1, 0.15) is 34.6 Å². The maximum absolute atomic E-state index is 12.7. The fourth-order valence-electron chi connectivity index (χ4n) is 3.14. The Kier molecular flexibility index (Phi) is 4.76. The molecule has 0 spiro atoms. The maximum atomic E-state index is 12.7. The maximum Gasteiger partial charge on any atom is 0.187 e. The molecule has 0 aliphatic carbocycles. The molecule has 0 amide bonds. The molecular formula is C18H23N5O. The lowest BCUT2D eigenvalue weighted by molar-refractivity contribution is 0.0989. The van der Waals surface area contributed by atoms with Gasteiger partial charge < -0.3 is 16.4 Å². The second-order valence-corrected chi connectivity index (χ2v) is 6.34. The summed E-state index contributed by atoms with van der Waals surface area (Å²) in [4.78, 5) is 23.4. The highest BCUT2D eigenvalue weighted by Crippen LogP contribution is 2.25. The fourth-order valence-corrected chi connectivity index (χ4v) is 3.14. The predicted octanol–water partition coefficient (Wildman–Crippen LogP) is 1.72. The van der Waals surface area contributed by atoms with Gasteiger partial charge in [0.05, 0.1) is 5.69 Å². The van der Waals surface area contributed by atoms with E-state index in [4.69, 9.17) is 11.5 Å². The molecule has 6 nitrogen and oxygen atoms in total. The van der Waals surface area contributed by atoms with E-state index in [0.717, 1.165) is 42.9 Å². The van der Waals surface area contributed by atoms with Crippen LogP contribution in [0.4, 0.5) is 11.4 Å². The number of aromatic nitrogens is 2. The van der Waals surface area contributed by atoms with E-state index in [2.05, 4.69) is 14.9 Å². The number of carbonyl (C=O) groups is 1. The van der Waals surface area contributed by atoms with Crippen LogP contribution in [0.25, 0.3) is 0 Å². The smallest absolute Gasteiger partial charge is 0.187 e. The average molecular weight is 325 g/mol. The van der Waals surface area contributed by atoms with E-state index in [1.54, 1.807) is 24.5 Å². The summed E-state index contributed by atoms with van der Waals surface area (Å²) in [5, 5.41) is 0. The molecule has 0 saturated carbocycles. The molecule has 2 aromatic heterocycles. The largest absolute Gasteiger partial charge is 0.397 e. The van der Waals surface area contributed by atoms with Crippen molar-refractivity contribution in [3.8, 4) is 0 Å². The predicted molar refractivity (Wildman–Crippen MR) is 95.1 cm³/mol. The third-order valence-electron chi connectivity index (χ3n) is 4.36. The third kappa shape index (κ3) is 3.54. The van der Waals surface area contributed by atoms with Crippen molar-refractivity contribution in [1.82, 2.24) is 9.97 Å². The van der Waals surface area contributed by atoms with Crippen LogP contribution in [-0.4, -0.2) is 34.9 Å². The Bertz CT molecular complexity index is 746. The molecular weight excluding hydrogens is 302 g/mol. The lowest BCUT2D eigenvalue weighted by Crippen LogP contribution is -2.43. The van der Waals surface area contributed by atoms with Crippen LogP contribution in [0.2, 0.25) is 0 Å². The molecule has 3 rings (SSSR count). The first kappa shape index (κ1) is 16.4. The zero-order valence-electron chi connectivity index (χ0n) is 13.9. The molecule has 24 heavy (non-hydrogen) atoms. The Hall–Kier alpha value is -2.47. The van der Waals surface area contributed by atoms with E-state index in [0.29, 0.717) is 11.4 Å². The van der Waals surface area contributed by atoms with Crippen molar-refractivity contribution >= 4 is 17.2 Å². The van der Waals surface area contributed by atoms with Crippen molar-refractivity contribution in [3.63, 3.8) is 0 Å². The van der Waals surface area contributed by atoms with Crippen molar-refractivity contribution in [1.29, 1.82) is 0 Å². The molecule has 1 aliphatic heterocycles. The number of Topliss-reactive ketones (excluding diaryl/α,β-unsaturated/α-hetero) is 1. The van der Waals surface area contributed by atoms with Crippen LogP contribution in [0, 0.1) is 6.92 Å². The summed E-state index contributed by atoms with van der Waals surface area (Å²) in [5.74, 6) is -0.0910. The van der Waals surface area contributed by atoms with Crippen LogP contribution in [0.15, 0.2) is 30.6 Å². The first-order chi connectivity index (χ1) is 11.5. The van der Waals surface area contributed by atoms with Crippen molar-refractivity contribution in [2.75, 3.05) is 23.7 Å². The molecule has 0 radical (unpaired) electrons. The Balaban J connectivity index is 1.85. The lowest BCUT2D eigenvalue weighted by Gasteiger charge is -2.33. The number of aryl methyl sites for hydroxylation is 1. The highest BCUT2D eigenvalue weighted by Gasteiger charge is 2.21. The molecule has 2 aromatic rings. The van der Waals surface area contributed by atoms with Crippen molar-refractivity contribution in [2.24, 2.45) is 5.73 Å². The van der Waals surface area contributed by atoms with Crippen LogP contribution in [0.5, 0.6) is 0 Å². The van der Waals surface area contributed by atoms with E-state index in [1.165, 1.54) is 0 Å². The van der Waals surface area contributed by atoms with Gasteiger partial charge >= 0.3 is 0 Å². The van der Waals surface area contributed by atoms with Crippen LogP contribution >= 0.6 is 0 Å². The molecule has 4 N–H and O–H groups in total. The van der Waals surface area contributed by atoms with Gasteiger partial charge in [-0.05, 0) is 38.0 Å². The number of nitrogens with zero attached hydrogens (tertiary/aromatic N) is 3. The summed E-state index contributed by atoms with van der Waals surface area (Å²) in [5.41, 5.74) is 15.4. The first-order valence-corrected chi connectivity index (χ1v) is 8.24. The minimum absolute atomic E-state index is 0.0910. The number of carbonyl (C=O) groups excluding carboxylic acids is 1. The van der Waals surface area contributed by atoms with E-state index >= 15 is 0 Å². The molecule has 1 atom stereocenters. The van der Waals surface area contributed by atoms with Crippen molar-refractivity contribution in [3.05, 3.63) is 47.5 Å². The van der Waals surface area contributed by atoms with E-state index in [1.807, 2.05) is 13.0 Å². The Labute approximate surface area is 141 Å². The first-order valence-electron chi connectivity index (χ1n) is 8.24. The number of pyridine rings is 2. The van der Waals surface area contributed by atoms with E-state index < -0.39 is 0 Å². The minimum Gasteiger partial charge on any atom is -0.397 e. The Morgan fingerprint density at radius 3 is 3.00 bits per heavy atom. The summed E-state index contributed by atoms with van der Waals surface area (Å²) >= 11 is 0. The van der Waals surface area contributed by atoms with Crippen molar-refractivity contribution in [2.45, 2.75) is 32.2 Å².